The molecule has 1 aromatic heterocycles. The molecule has 1 heterocycles. The summed E-state index contributed by atoms with van der Waals surface area (Å²) in [5.41, 5.74) is 5.87. The maximum Gasteiger partial charge on any atom is 0.0798 e. The van der Waals surface area contributed by atoms with Gasteiger partial charge < -0.3 is 4.98 Å². The van der Waals surface area contributed by atoms with Gasteiger partial charge in [0.1, 0.15) is 0 Å². The van der Waals surface area contributed by atoms with E-state index in [1.165, 1.54) is 10.8 Å². The number of nitrogens with zero attached hydrogens (tertiary/aromatic N) is 2. The maximum atomic E-state index is 9.53. The zero-order chi connectivity index (χ0) is 20.3. The molecule has 1 radical (unpaired) electrons. The number of hydrogen-bond donors (Lipinski definition) is 0. The van der Waals surface area contributed by atoms with Crippen molar-refractivity contribution in [2.75, 3.05) is 0 Å². The summed E-state index contributed by atoms with van der Waals surface area (Å²) in [6, 6.07) is 21.7. The second-order valence-electron chi connectivity index (χ2n) is 8.73. The predicted octanol–water partition coefficient (Wildman–Crippen LogP) is 5.83. The summed E-state index contributed by atoms with van der Waals surface area (Å²) in [6.07, 6.45) is 3.13. The van der Waals surface area contributed by atoms with Gasteiger partial charge in [0.15, 0.2) is 0 Å². The molecular formula is C25H27IrN2Si-. The number of benzene rings is 2. The minimum Gasteiger partial charge on any atom is -0.305 e. The van der Waals surface area contributed by atoms with Crippen LogP contribution in [0, 0.1) is 23.3 Å². The van der Waals surface area contributed by atoms with Gasteiger partial charge in [0.2, 0.25) is 0 Å². The molecule has 3 aromatic rings. The fourth-order valence-corrected chi connectivity index (χ4v) is 5.11. The fraction of sp³-hybridized carbons (Fsp3) is 0.280. The maximum absolute atomic E-state index is 9.53. The third-order valence-corrected chi connectivity index (χ3v) is 6.92. The number of pyridine rings is 1. The van der Waals surface area contributed by atoms with Gasteiger partial charge in [-0.15, -0.1) is 23.8 Å². The Balaban J connectivity index is 0.00000300. The first-order valence-corrected chi connectivity index (χ1v) is 13.3. The van der Waals surface area contributed by atoms with Crippen LogP contribution in [-0.2, 0) is 26.5 Å². The van der Waals surface area contributed by atoms with Crippen LogP contribution < -0.4 is 5.19 Å². The molecule has 29 heavy (non-hydrogen) atoms. The van der Waals surface area contributed by atoms with Crippen molar-refractivity contribution >= 4 is 13.3 Å². The van der Waals surface area contributed by atoms with Crippen LogP contribution in [0.3, 0.4) is 0 Å². The summed E-state index contributed by atoms with van der Waals surface area (Å²) in [5, 5.41) is 11.0. The van der Waals surface area contributed by atoms with Crippen molar-refractivity contribution in [3.8, 4) is 28.5 Å². The van der Waals surface area contributed by atoms with Gasteiger partial charge in [-0.25, -0.2) is 5.26 Å². The van der Waals surface area contributed by atoms with E-state index in [0.717, 1.165) is 28.8 Å². The molecule has 0 atom stereocenters. The van der Waals surface area contributed by atoms with Crippen LogP contribution in [0.1, 0.15) is 25.0 Å². The Labute approximate surface area is 189 Å². The first kappa shape index (κ1) is 23.2. The zero-order valence-electron chi connectivity index (χ0n) is 17.7. The third-order valence-electron chi connectivity index (χ3n) is 4.86. The fourth-order valence-electron chi connectivity index (χ4n) is 3.52. The third kappa shape index (κ3) is 5.51. The Kier molecular flexibility index (Phi) is 7.71. The molecule has 0 aliphatic heterocycles. The van der Waals surface area contributed by atoms with E-state index in [4.69, 9.17) is 4.98 Å². The molecule has 0 N–H and O–H groups in total. The SMILES string of the molecule is CC(C)Cc1cc(-c2[c-]cc(C#N)c(-c3ccccc3)c2)ncc1[Si](C)(C)C.[Ir]. The van der Waals surface area contributed by atoms with E-state index in [9.17, 15) is 5.26 Å². The first-order valence-electron chi connectivity index (χ1n) is 9.80. The molecular weight excluding hydrogens is 549 g/mol. The summed E-state index contributed by atoms with van der Waals surface area (Å²) in [7, 11) is -1.46. The quantitative estimate of drug-likeness (QED) is 0.284. The van der Waals surface area contributed by atoms with Gasteiger partial charge in [0.25, 0.3) is 0 Å². The monoisotopic (exact) mass is 576 g/mol. The van der Waals surface area contributed by atoms with Gasteiger partial charge in [0, 0.05) is 32.4 Å². The van der Waals surface area contributed by atoms with Crippen molar-refractivity contribution < 1.29 is 20.1 Å². The second kappa shape index (κ2) is 9.63. The predicted molar refractivity (Wildman–Crippen MR) is 120 cm³/mol. The van der Waals surface area contributed by atoms with E-state index >= 15 is 0 Å². The van der Waals surface area contributed by atoms with Crippen molar-refractivity contribution in [3.63, 3.8) is 0 Å². The molecule has 0 aliphatic carbocycles. The normalized spacial score (nSPS) is 11.1. The molecule has 4 heteroatoms. The molecule has 0 spiro atoms. The van der Waals surface area contributed by atoms with Crippen LogP contribution in [0.4, 0.5) is 0 Å². The molecule has 2 aromatic carbocycles. The van der Waals surface area contributed by atoms with Crippen molar-refractivity contribution in [2.45, 2.75) is 39.9 Å². The smallest absolute Gasteiger partial charge is 0.0798 e. The van der Waals surface area contributed by atoms with Gasteiger partial charge in [-0.2, -0.15) is 0 Å². The van der Waals surface area contributed by atoms with E-state index in [1.807, 2.05) is 36.4 Å². The molecule has 2 nitrogen and oxygen atoms in total. The molecule has 3 rings (SSSR count). The Morgan fingerprint density at radius 3 is 2.38 bits per heavy atom. The van der Waals surface area contributed by atoms with Crippen molar-refractivity contribution in [1.29, 1.82) is 5.26 Å². The molecule has 0 amide bonds. The molecule has 0 saturated heterocycles. The second-order valence-corrected chi connectivity index (χ2v) is 13.8. The Morgan fingerprint density at radius 1 is 1.10 bits per heavy atom. The molecule has 0 saturated carbocycles. The van der Waals surface area contributed by atoms with Gasteiger partial charge in [0.05, 0.1) is 8.07 Å². The molecule has 0 bridgehead atoms. The number of hydrogen-bond acceptors (Lipinski definition) is 2. The largest absolute Gasteiger partial charge is 0.305 e. The van der Waals surface area contributed by atoms with Crippen LogP contribution in [0.2, 0.25) is 19.6 Å². The average Bonchev–Trinajstić information content (AvgIpc) is 2.66. The standard InChI is InChI=1S/C25H27N2Si.Ir/c1-18(2)13-22-15-24(27-17-25(22)28(3,4)5)20-11-12-21(16-26)23(14-20)19-9-7-6-8-10-19;/h6-10,12,14-15,17-18H,13H2,1-5H3;/q-1;. The van der Waals surface area contributed by atoms with E-state index < -0.39 is 8.07 Å². The summed E-state index contributed by atoms with van der Waals surface area (Å²) in [6.45, 7) is 11.6. The molecule has 0 fully saturated rings. The first-order chi connectivity index (χ1) is 13.3. The van der Waals surface area contributed by atoms with E-state index in [2.05, 4.69) is 57.9 Å². The van der Waals surface area contributed by atoms with Crippen LogP contribution in [0.15, 0.2) is 54.7 Å². The topological polar surface area (TPSA) is 36.7 Å². The summed E-state index contributed by atoms with van der Waals surface area (Å²) in [4.78, 5) is 4.79. The molecule has 0 aliphatic rings. The van der Waals surface area contributed by atoms with E-state index in [-0.39, 0.29) is 20.1 Å². The van der Waals surface area contributed by atoms with Crippen LogP contribution >= 0.6 is 0 Å². The summed E-state index contributed by atoms with van der Waals surface area (Å²) in [5.74, 6) is 0.593. The summed E-state index contributed by atoms with van der Waals surface area (Å²) >= 11 is 0. The van der Waals surface area contributed by atoms with Crippen molar-refractivity contribution in [2.24, 2.45) is 5.92 Å². The zero-order valence-corrected chi connectivity index (χ0v) is 21.1. The van der Waals surface area contributed by atoms with Crippen molar-refractivity contribution in [1.82, 2.24) is 4.98 Å². The van der Waals surface area contributed by atoms with Crippen LogP contribution in [-0.4, -0.2) is 13.1 Å². The summed E-state index contributed by atoms with van der Waals surface area (Å²) < 4.78 is 0. The van der Waals surface area contributed by atoms with Gasteiger partial charge >= 0.3 is 0 Å². The number of aromatic nitrogens is 1. The van der Waals surface area contributed by atoms with Crippen LogP contribution in [0.5, 0.6) is 0 Å². The molecule has 0 unspecified atom stereocenters. The van der Waals surface area contributed by atoms with Gasteiger partial charge in [-0.1, -0.05) is 81.0 Å². The Bertz CT molecular complexity index is 1020. The van der Waals surface area contributed by atoms with Gasteiger partial charge in [-0.3, -0.25) is 0 Å². The minimum absolute atomic E-state index is 0. The van der Waals surface area contributed by atoms with Crippen molar-refractivity contribution in [3.05, 3.63) is 71.9 Å². The number of nitriles is 1. The minimum atomic E-state index is -1.46. The van der Waals surface area contributed by atoms with E-state index in [0.29, 0.717) is 11.5 Å². The van der Waals surface area contributed by atoms with E-state index in [1.54, 1.807) is 6.07 Å². The number of rotatable bonds is 5. The Morgan fingerprint density at radius 2 is 1.79 bits per heavy atom. The van der Waals surface area contributed by atoms with Gasteiger partial charge in [-0.05, 0) is 34.3 Å². The Hall–Kier alpha value is -2.05. The average molecular weight is 576 g/mol. The molecule has 151 valence electrons. The van der Waals surface area contributed by atoms with Crippen LogP contribution in [0.25, 0.3) is 22.4 Å².